The number of esters is 1. The molecule has 106 valence electrons. The van der Waals surface area contributed by atoms with E-state index in [0.29, 0.717) is 5.75 Å². The van der Waals surface area contributed by atoms with Crippen LogP contribution in [0.4, 0.5) is 4.39 Å². The first-order chi connectivity index (χ1) is 8.76. The summed E-state index contributed by atoms with van der Waals surface area (Å²) >= 11 is 0. The number of halogens is 1. The van der Waals surface area contributed by atoms with Crippen LogP contribution in [0.3, 0.4) is 0 Å². The molecule has 0 aliphatic carbocycles. The SMILES string of the molecule is COc1cc(OC(C)(C)C(=O)OC(C)C)ccc1F. The molecule has 1 aromatic carbocycles. The lowest BCUT2D eigenvalue weighted by Crippen LogP contribution is -2.40. The highest BCUT2D eigenvalue weighted by Crippen LogP contribution is 2.26. The van der Waals surface area contributed by atoms with Crippen LogP contribution in [0.2, 0.25) is 0 Å². The molecule has 19 heavy (non-hydrogen) atoms. The maximum Gasteiger partial charge on any atom is 0.350 e. The number of methoxy groups -OCH3 is 1. The molecule has 0 aliphatic heterocycles. The third-order valence-electron chi connectivity index (χ3n) is 2.33. The number of benzene rings is 1. The number of carbonyl (C=O) groups is 1. The molecule has 0 fully saturated rings. The van der Waals surface area contributed by atoms with E-state index in [1.165, 1.54) is 25.3 Å². The Kier molecular flexibility index (Phi) is 4.75. The molecule has 4 nitrogen and oxygen atoms in total. The first-order valence-corrected chi connectivity index (χ1v) is 6.00. The number of ether oxygens (including phenoxy) is 3. The minimum atomic E-state index is -1.16. The van der Waals surface area contributed by atoms with Crippen molar-refractivity contribution in [3.05, 3.63) is 24.0 Å². The average molecular weight is 270 g/mol. The van der Waals surface area contributed by atoms with Gasteiger partial charge in [0, 0.05) is 6.07 Å². The van der Waals surface area contributed by atoms with Crippen molar-refractivity contribution in [1.82, 2.24) is 0 Å². The minimum Gasteiger partial charge on any atom is -0.494 e. The normalized spacial score (nSPS) is 11.3. The minimum absolute atomic E-state index is 0.0607. The van der Waals surface area contributed by atoms with Gasteiger partial charge in [0.05, 0.1) is 13.2 Å². The molecule has 0 unspecified atom stereocenters. The molecule has 5 heteroatoms. The standard InChI is InChI=1S/C14H19FO4/c1-9(2)18-13(16)14(3,4)19-10-6-7-11(15)12(8-10)17-5/h6-9H,1-5H3. The molecule has 0 N–H and O–H groups in total. The van der Waals surface area contributed by atoms with E-state index < -0.39 is 17.4 Å². The molecule has 0 aromatic heterocycles. The van der Waals surface area contributed by atoms with Crippen LogP contribution < -0.4 is 9.47 Å². The Morgan fingerprint density at radius 3 is 2.47 bits per heavy atom. The van der Waals surface area contributed by atoms with E-state index in [0.717, 1.165) is 0 Å². The maximum atomic E-state index is 13.3. The Morgan fingerprint density at radius 1 is 1.32 bits per heavy atom. The van der Waals surface area contributed by atoms with Gasteiger partial charge in [0.15, 0.2) is 17.2 Å². The number of hydrogen-bond donors (Lipinski definition) is 0. The summed E-state index contributed by atoms with van der Waals surface area (Å²) in [6.45, 7) is 6.70. The van der Waals surface area contributed by atoms with E-state index in [-0.39, 0.29) is 11.9 Å². The highest BCUT2D eigenvalue weighted by molar-refractivity contribution is 5.79. The number of rotatable bonds is 5. The molecule has 1 aromatic rings. The predicted molar refractivity (Wildman–Crippen MR) is 68.9 cm³/mol. The molecule has 0 heterocycles. The molecule has 0 amide bonds. The lowest BCUT2D eigenvalue weighted by Gasteiger charge is -2.25. The monoisotopic (exact) mass is 270 g/mol. The van der Waals surface area contributed by atoms with Crippen molar-refractivity contribution < 1.29 is 23.4 Å². The number of carbonyl (C=O) groups excluding carboxylic acids is 1. The second kappa shape index (κ2) is 5.91. The summed E-state index contributed by atoms with van der Waals surface area (Å²) < 4.78 is 28.8. The van der Waals surface area contributed by atoms with E-state index in [1.807, 2.05) is 0 Å². The second-order valence-corrected chi connectivity index (χ2v) is 4.86. The fraction of sp³-hybridized carbons (Fsp3) is 0.500. The molecule has 0 saturated heterocycles. The van der Waals surface area contributed by atoms with Crippen LogP contribution in [-0.4, -0.2) is 24.8 Å². The smallest absolute Gasteiger partial charge is 0.350 e. The summed E-state index contributed by atoms with van der Waals surface area (Å²) in [5.74, 6) is -0.572. The summed E-state index contributed by atoms with van der Waals surface area (Å²) in [6, 6.07) is 4.04. The Labute approximate surface area is 112 Å². The Balaban J connectivity index is 2.85. The van der Waals surface area contributed by atoms with E-state index in [1.54, 1.807) is 27.7 Å². The highest BCUT2D eigenvalue weighted by atomic mass is 19.1. The third-order valence-corrected chi connectivity index (χ3v) is 2.33. The molecule has 1 rings (SSSR count). The van der Waals surface area contributed by atoms with Gasteiger partial charge in [-0.25, -0.2) is 9.18 Å². The third kappa shape index (κ3) is 4.12. The van der Waals surface area contributed by atoms with Crippen molar-refractivity contribution in [3.8, 4) is 11.5 Å². The van der Waals surface area contributed by atoms with Crippen LogP contribution in [-0.2, 0) is 9.53 Å². The zero-order valence-electron chi connectivity index (χ0n) is 11.8. The topological polar surface area (TPSA) is 44.8 Å². The van der Waals surface area contributed by atoms with Crippen LogP contribution >= 0.6 is 0 Å². The lowest BCUT2D eigenvalue weighted by atomic mass is 10.1. The molecule has 0 saturated carbocycles. The summed E-state index contributed by atoms with van der Waals surface area (Å²) in [6.07, 6.45) is -0.224. The van der Waals surface area contributed by atoms with Crippen LogP contribution in [0, 0.1) is 5.82 Å². The van der Waals surface area contributed by atoms with Gasteiger partial charge >= 0.3 is 5.97 Å². The zero-order chi connectivity index (χ0) is 14.6. The summed E-state index contributed by atoms with van der Waals surface area (Å²) in [5, 5.41) is 0. The fourth-order valence-corrected chi connectivity index (χ4v) is 1.40. The average Bonchev–Trinajstić information content (AvgIpc) is 2.30. The van der Waals surface area contributed by atoms with Gasteiger partial charge in [0.25, 0.3) is 0 Å². The van der Waals surface area contributed by atoms with Crippen molar-refractivity contribution in [1.29, 1.82) is 0 Å². The molecule has 0 bridgehead atoms. The summed E-state index contributed by atoms with van der Waals surface area (Å²) in [5.41, 5.74) is -1.16. The lowest BCUT2D eigenvalue weighted by molar-refractivity contribution is -0.163. The molecule has 0 spiro atoms. The van der Waals surface area contributed by atoms with E-state index in [4.69, 9.17) is 14.2 Å². The Hall–Kier alpha value is -1.78. The first kappa shape index (κ1) is 15.3. The maximum absolute atomic E-state index is 13.3. The van der Waals surface area contributed by atoms with Gasteiger partial charge in [-0.1, -0.05) is 0 Å². The molecular weight excluding hydrogens is 251 g/mol. The fourth-order valence-electron chi connectivity index (χ4n) is 1.40. The van der Waals surface area contributed by atoms with Gasteiger partial charge in [-0.2, -0.15) is 0 Å². The van der Waals surface area contributed by atoms with Crippen molar-refractivity contribution in [2.24, 2.45) is 0 Å². The molecule has 0 aliphatic rings. The predicted octanol–water partition coefficient (Wildman–Crippen LogP) is 2.94. The van der Waals surface area contributed by atoms with Crippen LogP contribution in [0.5, 0.6) is 11.5 Å². The number of hydrogen-bond acceptors (Lipinski definition) is 4. The van der Waals surface area contributed by atoms with Gasteiger partial charge in [-0.05, 0) is 39.8 Å². The van der Waals surface area contributed by atoms with Gasteiger partial charge in [0.2, 0.25) is 0 Å². The highest BCUT2D eigenvalue weighted by Gasteiger charge is 2.32. The van der Waals surface area contributed by atoms with E-state index >= 15 is 0 Å². The van der Waals surface area contributed by atoms with Gasteiger partial charge in [-0.15, -0.1) is 0 Å². The largest absolute Gasteiger partial charge is 0.494 e. The molecule has 0 radical (unpaired) electrons. The summed E-state index contributed by atoms with van der Waals surface area (Å²) in [7, 11) is 1.36. The second-order valence-electron chi connectivity index (χ2n) is 4.86. The van der Waals surface area contributed by atoms with E-state index in [9.17, 15) is 9.18 Å². The van der Waals surface area contributed by atoms with Crippen molar-refractivity contribution in [2.45, 2.75) is 39.4 Å². The van der Waals surface area contributed by atoms with Gasteiger partial charge < -0.3 is 14.2 Å². The Morgan fingerprint density at radius 2 is 1.95 bits per heavy atom. The quantitative estimate of drug-likeness (QED) is 0.772. The Bertz CT molecular complexity index is 455. The van der Waals surface area contributed by atoms with Crippen molar-refractivity contribution in [2.75, 3.05) is 7.11 Å². The van der Waals surface area contributed by atoms with Crippen LogP contribution in [0.25, 0.3) is 0 Å². The zero-order valence-corrected chi connectivity index (χ0v) is 11.8. The first-order valence-electron chi connectivity index (χ1n) is 6.00. The van der Waals surface area contributed by atoms with Crippen molar-refractivity contribution in [3.63, 3.8) is 0 Å². The van der Waals surface area contributed by atoms with Crippen molar-refractivity contribution >= 4 is 5.97 Å². The van der Waals surface area contributed by atoms with Crippen LogP contribution in [0.1, 0.15) is 27.7 Å². The molecule has 0 atom stereocenters. The van der Waals surface area contributed by atoms with Crippen LogP contribution in [0.15, 0.2) is 18.2 Å². The van der Waals surface area contributed by atoms with E-state index in [2.05, 4.69) is 0 Å². The molecular formula is C14H19FO4. The summed E-state index contributed by atoms with van der Waals surface area (Å²) in [4.78, 5) is 11.8. The van der Waals surface area contributed by atoms with Gasteiger partial charge in [-0.3, -0.25) is 0 Å². The van der Waals surface area contributed by atoms with Gasteiger partial charge in [0.1, 0.15) is 5.75 Å².